The Bertz CT molecular complexity index is 1090. The normalized spacial score (nSPS) is 14.0. The van der Waals surface area contributed by atoms with E-state index in [9.17, 15) is 4.57 Å². The first-order valence-corrected chi connectivity index (χ1v) is 13.7. The number of nitrogens with zero attached hydrogens (tertiary/aromatic N) is 3. The summed E-state index contributed by atoms with van der Waals surface area (Å²) in [5.41, 5.74) is 7.70. The average molecular weight is 512 g/mol. The van der Waals surface area contributed by atoms with Gasteiger partial charge in [0.25, 0.3) is 0 Å². The lowest BCUT2D eigenvalue weighted by atomic mass is 10.0. The number of thiazole rings is 1. The van der Waals surface area contributed by atoms with Crippen LogP contribution in [0.15, 0.2) is 35.5 Å². The van der Waals surface area contributed by atoms with E-state index in [-0.39, 0.29) is 17.9 Å². The summed E-state index contributed by atoms with van der Waals surface area (Å²) < 4.78 is 28.4. The van der Waals surface area contributed by atoms with Crippen LogP contribution in [0.1, 0.15) is 38.0 Å². The van der Waals surface area contributed by atoms with Crippen LogP contribution in [0.25, 0.3) is 10.3 Å². The number of aromatic nitrogens is 3. The molecule has 1 unspecified atom stereocenters. The summed E-state index contributed by atoms with van der Waals surface area (Å²) in [7, 11) is -1.01. The van der Waals surface area contributed by atoms with E-state index >= 15 is 0 Å². The van der Waals surface area contributed by atoms with E-state index in [0.29, 0.717) is 27.7 Å². The third-order valence-corrected chi connectivity index (χ3v) is 8.04. The molecule has 3 rings (SSSR count). The van der Waals surface area contributed by atoms with Crippen molar-refractivity contribution in [3.05, 3.63) is 35.9 Å². The van der Waals surface area contributed by atoms with Gasteiger partial charge in [-0.25, -0.2) is 19.5 Å². The zero-order chi connectivity index (χ0) is 24.0. The van der Waals surface area contributed by atoms with Crippen LogP contribution in [0.3, 0.4) is 0 Å². The first-order chi connectivity index (χ1) is 15.7. The molecule has 0 saturated carbocycles. The highest BCUT2D eigenvalue weighted by molar-refractivity contribution is 7.99. The van der Waals surface area contributed by atoms with Crippen molar-refractivity contribution in [1.29, 1.82) is 0 Å². The second-order valence-electron chi connectivity index (χ2n) is 7.81. The van der Waals surface area contributed by atoms with Crippen molar-refractivity contribution in [2.45, 2.75) is 43.6 Å². The van der Waals surface area contributed by atoms with Crippen LogP contribution >= 0.6 is 30.9 Å². The van der Waals surface area contributed by atoms with E-state index in [1.807, 2.05) is 18.2 Å². The molecule has 0 bridgehead atoms. The number of rotatable bonds is 12. The van der Waals surface area contributed by atoms with E-state index in [1.165, 1.54) is 31.1 Å². The first kappa shape index (κ1) is 25.9. The molecule has 0 amide bonds. The van der Waals surface area contributed by atoms with Gasteiger partial charge >= 0.3 is 7.82 Å². The van der Waals surface area contributed by atoms with Gasteiger partial charge in [0.05, 0.1) is 12.6 Å². The quantitative estimate of drug-likeness (QED) is 0.176. The maximum Gasteiger partial charge on any atom is 0.474 e. The largest absolute Gasteiger partial charge is 0.474 e. The Kier molecular flexibility index (Phi) is 9.09. The molecule has 0 saturated heterocycles. The molecule has 2 atom stereocenters. The average Bonchev–Trinajstić information content (AvgIpc) is 3.18. The first-order valence-electron chi connectivity index (χ1n) is 10.5. The van der Waals surface area contributed by atoms with Crippen LogP contribution in [-0.4, -0.2) is 41.8 Å². The number of hydrogen-bond acceptors (Lipinski definition) is 11. The molecule has 33 heavy (non-hydrogen) atoms. The van der Waals surface area contributed by atoms with Crippen LogP contribution in [0, 0.1) is 5.92 Å². The van der Waals surface area contributed by atoms with E-state index < -0.39 is 7.82 Å². The van der Waals surface area contributed by atoms with E-state index in [2.05, 4.69) is 48.2 Å². The maximum absolute atomic E-state index is 12.4. The minimum absolute atomic E-state index is 0.111. The SMILES string of the molecule is COP(=O)(OC)OCC(CC(C)C)Nc1nc(S[C@@H](C)c2ccccc2)nc2nc(N)sc12. The fraction of sp³-hybridized carbons (Fsp3) is 0.476. The maximum atomic E-state index is 12.4. The molecule has 2 heterocycles. The highest BCUT2D eigenvalue weighted by Crippen LogP contribution is 2.47. The van der Waals surface area contributed by atoms with Crippen molar-refractivity contribution in [3.63, 3.8) is 0 Å². The molecule has 3 aromatic rings. The second kappa shape index (κ2) is 11.6. The molecule has 180 valence electrons. The molecule has 0 radical (unpaired) electrons. The number of anilines is 2. The molecular weight excluding hydrogens is 481 g/mol. The van der Waals surface area contributed by atoms with Gasteiger partial charge in [-0.15, -0.1) is 0 Å². The van der Waals surface area contributed by atoms with Gasteiger partial charge < -0.3 is 11.1 Å². The van der Waals surface area contributed by atoms with Crippen LogP contribution in [0.5, 0.6) is 0 Å². The number of nitrogens with two attached hydrogens (primary N) is 1. The zero-order valence-corrected chi connectivity index (χ0v) is 21.9. The summed E-state index contributed by atoms with van der Waals surface area (Å²) in [6.45, 7) is 6.42. The molecule has 3 N–H and O–H groups in total. The van der Waals surface area contributed by atoms with Crippen LogP contribution in [0.2, 0.25) is 0 Å². The van der Waals surface area contributed by atoms with Gasteiger partial charge in [-0.2, -0.15) is 0 Å². The number of nitrogen functional groups attached to an aromatic ring is 1. The van der Waals surface area contributed by atoms with Gasteiger partial charge in [0.1, 0.15) is 4.70 Å². The Hall–Kier alpha value is -1.75. The summed E-state index contributed by atoms with van der Waals surface area (Å²) in [6.07, 6.45) is 0.746. The molecule has 12 heteroatoms. The molecule has 0 aliphatic carbocycles. The minimum Gasteiger partial charge on any atom is -0.375 e. The Morgan fingerprint density at radius 3 is 2.45 bits per heavy atom. The number of fused-ring (bicyclic) bond motifs is 1. The summed E-state index contributed by atoms with van der Waals surface area (Å²) in [5.74, 6) is 0.974. The van der Waals surface area contributed by atoms with Crippen molar-refractivity contribution in [3.8, 4) is 0 Å². The molecule has 0 aliphatic heterocycles. The summed E-state index contributed by atoms with van der Waals surface area (Å²) in [5, 5.41) is 4.59. The summed E-state index contributed by atoms with van der Waals surface area (Å²) >= 11 is 2.87. The molecule has 9 nitrogen and oxygen atoms in total. The van der Waals surface area contributed by atoms with Crippen molar-refractivity contribution in [2.75, 3.05) is 31.9 Å². The highest BCUT2D eigenvalue weighted by atomic mass is 32.2. The number of phosphoric acid groups is 1. The zero-order valence-electron chi connectivity index (χ0n) is 19.3. The van der Waals surface area contributed by atoms with E-state index in [4.69, 9.17) is 24.3 Å². The number of phosphoric ester groups is 1. The van der Waals surface area contributed by atoms with Gasteiger partial charge in [0, 0.05) is 19.5 Å². The molecule has 0 aliphatic rings. The standard InChI is InChI=1S/C21H30N5O4PS2/c1-13(2)11-16(12-30-31(27,28-4)29-5)23-18-17-19(24-20(22)33-17)26-21(25-18)32-14(3)15-9-7-6-8-10-15/h6-10,13-14,16H,11-12H2,1-5H3,(H3,22,23,24,25,26)/t14-,16?/m0/s1. The predicted octanol–water partition coefficient (Wildman–Crippen LogP) is 5.77. The molecule has 1 aromatic carbocycles. The van der Waals surface area contributed by atoms with Crippen LogP contribution in [-0.2, 0) is 18.1 Å². The van der Waals surface area contributed by atoms with Crippen molar-refractivity contribution >= 4 is 52.2 Å². The van der Waals surface area contributed by atoms with Crippen LogP contribution in [0.4, 0.5) is 10.9 Å². The van der Waals surface area contributed by atoms with Crippen LogP contribution < -0.4 is 11.1 Å². The van der Waals surface area contributed by atoms with Gasteiger partial charge in [-0.3, -0.25) is 13.6 Å². The van der Waals surface area contributed by atoms with Gasteiger partial charge in [-0.1, -0.05) is 67.3 Å². The van der Waals surface area contributed by atoms with Crippen molar-refractivity contribution < 1.29 is 18.1 Å². The lowest BCUT2D eigenvalue weighted by Gasteiger charge is -2.23. The van der Waals surface area contributed by atoms with Crippen molar-refractivity contribution in [1.82, 2.24) is 15.0 Å². The lowest BCUT2D eigenvalue weighted by molar-refractivity contribution is 0.144. The Morgan fingerprint density at radius 1 is 1.12 bits per heavy atom. The number of thioether (sulfide) groups is 1. The molecular formula is C21H30N5O4PS2. The summed E-state index contributed by atoms with van der Waals surface area (Å²) in [6, 6.07) is 9.98. The summed E-state index contributed by atoms with van der Waals surface area (Å²) in [4.78, 5) is 13.8. The Labute approximate surface area is 202 Å². The van der Waals surface area contributed by atoms with Gasteiger partial charge in [0.15, 0.2) is 21.8 Å². The number of nitrogens with one attached hydrogen (secondary N) is 1. The predicted molar refractivity (Wildman–Crippen MR) is 135 cm³/mol. The number of benzene rings is 1. The highest BCUT2D eigenvalue weighted by Gasteiger charge is 2.26. The molecule has 0 spiro atoms. The fourth-order valence-electron chi connectivity index (χ4n) is 3.21. The van der Waals surface area contributed by atoms with Gasteiger partial charge in [-0.05, 0) is 24.8 Å². The van der Waals surface area contributed by atoms with E-state index in [0.717, 1.165) is 11.1 Å². The molecule has 0 fully saturated rings. The van der Waals surface area contributed by atoms with Gasteiger partial charge in [0.2, 0.25) is 0 Å². The Balaban J connectivity index is 1.88. The number of hydrogen-bond donors (Lipinski definition) is 2. The Morgan fingerprint density at radius 2 is 1.82 bits per heavy atom. The third kappa shape index (κ3) is 7.11. The molecule has 2 aromatic heterocycles. The topological polar surface area (TPSA) is 121 Å². The van der Waals surface area contributed by atoms with E-state index in [1.54, 1.807) is 11.8 Å². The monoisotopic (exact) mass is 511 g/mol. The third-order valence-electron chi connectivity index (χ3n) is 4.78. The smallest absolute Gasteiger partial charge is 0.375 e. The fourth-order valence-corrected chi connectivity index (χ4v) is 5.55. The lowest BCUT2D eigenvalue weighted by Crippen LogP contribution is -2.27. The van der Waals surface area contributed by atoms with Crippen molar-refractivity contribution in [2.24, 2.45) is 5.92 Å². The second-order valence-corrected chi connectivity index (χ2v) is 12.0. The minimum atomic E-state index is -3.60.